The molecular formula is C17H21N3O2. The number of nitrogens with zero attached hydrogens (tertiary/aromatic N) is 2. The Balaban J connectivity index is 1.78. The molecule has 116 valence electrons. The molecule has 1 aliphatic heterocycles. The van der Waals surface area contributed by atoms with Crippen LogP contribution in [0, 0.1) is 20.8 Å². The van der Waals surface area contributed by atoms with E-state index < -0.39 is 0 Å². The summed E-state index contributed by atoms with van der Waals surface area (Å²) in [6.07, 6.45) is 1.91. The summed E-state index contributed by atoms with van der Waals surface area (Å²) in [4.78, 5) is 14.5. The Kier molecular flexibility index (Phi) is 3.88. The second-order valence-electron chi connectivity index (χ2n) is 5.89. The lowest BCUT2D eigenvalue weighted by atomic mass is 10.1. The van der Waals surface area contributed by atoms with Gasteiger partial charge < -0.3 is 14.7 Å². The van der Waals surface area contributed by atoms with Crippen LogP contribution < -0.4 is 5.32 Å². The maximum Gasteiger partial charge on any atom is 0.322 e. The van der Waals surface area contributed by atoms with Gasteiger partial charge in [0.05, 0.1) is 6.04 Å². The van der Waals surface area contributed by atoms with Crippen LogP contribution in [-0.2, 0) is 0 Å². The summed E-state index contributed by atoms with van der Waals surface area (Å²) in [7, 11) is 0. The zero-order valence-electron chi connectivity index (χ0n) is 13.2. The van der Waals surface area contributed by atoms with Crippen molar-refractivity contribution >= 4 is 11.7 Å². The first-order chi connectivity index (χ1) is 10.6. The quantitative estimate of drug-likeness (QED) is 0.912. The maximum absolute atomic E-state index is 12.6. The van der Waals surface area contributed by atoms with Crippen molar-refractivity contribution in [1.29, 1.82) is 0 Å². The Morgan fingerprint density at radius 2 is 2.18 bits per heavy atom. The lowest BCUT2D eigenvalue weighted by Gasteiger charge is -2.24. The third kappa shape index (κ3) is 2.71. The number of hydrogen-bond donors (Lipinski definition) is 1. The highest BCUT2D eigenvalue weighted by Gasteiger charge is 2.32. The molecule has 2 amide bonds. The monoisotopic (exact) mass is 299 g/mol. The molecule has 5 nitrogen and oxygen atoms in total. The first-order valence-electron chi connectivity index (χ1n) is 7.63. The number of hydrogen-bond acceptors (Lipinski definition) is 3. The highest BCUT2D eigenvalue weighted by Crippen LogP contribution is 2.32. The highest BCUT2D eigenvalue weighted by atomic mass is 16.5. The number of aromatic nitrogens is 1. The van der Waals surface area contributed by atoms with E-state index >= 15 is 0 Å². The van der Waals surface area contributed by atoms with Gasteiger partial charge in [-0.05, 0) is 50.8 Å². The lowest BCUT2D eigenvalue weighted by molar-refractivity contribution is 0.204. The Labute approximate surface area is 130 Å². The van der Waals surface area contributed by atoms with Gasteiger partial charge in [0.15, 0.2) is 0 Å². The molecule has 0 saturated carbocycles. The zero-order chi connectivity index (χ0) is 15.7. The van der Waals surface area contributed by atoms with E-state index in [0.717, 1.165) is 42.1 Å². The van der Waals surface area contributed by atoms with Crippen molar-refractivity contribution in [3.05, 3.63) is 46.8 Å². The van der Waals surface area contributed by atoms with E-state index in [4.69, 9.17) is 4.52 Å². The SMILES string of the molecule is Cc1cc(C2CCCN2C(=O)Nc2cccc(C)c2C)no1. The van der Waals surface area contributed by atoms with Crippen LogP contribution >= 0.6 is 0 Å². The van der Waals surface area contributed by atoms with Crippen molar-refractivity contribution in [1.82, 2.24) is 10.1 Å². The minimum Gasteiger partial charge on any atom is -0.361 e. The van der Waals surface area contributed by atoms with Crippen molar-refractivity contribution < 1.29 is 9.32 Å². The van der Waals surface area contributed by atoms with Crippen molar-refractivity contribution in [2.75, 3.05) is 11.9 Å². The molecule has 0 radical (unpaired) electrons. The summed E-state index contributed by atoms with van der Waals surface area (Å²) in [6, 6.07) is 7.78. The highest BCUT2D eigenvalue weighted by molar-refractivity contribution is 5.90. The zero-order valence-corrected chi connectivity index (χ0v) is 13.2. The van der Waals surface area contributed by atoms with Crippen molar-refractivity contribution in [2.24, 2.45) is 0 Å². The van der Waals surface area contributed by atoms with Crippen LogP contribution in [0.2, 0.25) is 0 Å². The van der Waals surface area contributed by atoms with Gasteiger partial charge in [-0.2, -0.15) is 0 Å². The third-order valence-corrected chi connectivity index (χ3v) is 4.35. The Hall–Kier alpha value is -2.30. The Morgan fingerprint density at radius 1 is 1.36 bits per heavy atom. The molecule has 1 aliphatic rings. The number of nitrogens with one attached hydrogen (secondary N) is 1. The fourth-order valence-corrected chi connectivity index (χ4v) is 2.93. The molecule has 0 bridgehead atoms. The number of urea groups is 1. The average Bonchev–Trinajstić information content (AvgIpc) is 3.12. The minimum absolute atomic E-state index is 0.00238. The predicted octanol–water partition coefficient (Wildman–Crippen LogP) is 3.97. The van der Waals surface area contributed by atoms with Crippen molar-refractivity contribution in [3.63, 3.8) is 0 Å². The van der Waals surface area contributed by atoms with Gasteiger partial charge >= 0.3 is 6.03 Å². The van der Waals surface area contributed by atoms with Crippen molar-refractivity contribution in [2.45, 2.75) is 39.7 Å². The molecule has 2 heterocycles. The first kappa shape index (κ1) is 14.6. The van der Waals surface area contributed by atoms with E-state index in [0.29, 0.717) is 0 Å². The van der Waals surface area contributed by atoms with Crippen LogP contribution in [-0.4, -0.2) is 22.6 Å². The van der Waals surface area contributed by atoms with Gasteiger partial charge in [0.1, 0.15) is 11.5 Å². The summed E-state index contributed by atoms with van der Waals surface area (Å²) >= 11 is 0. The number of anilines is 1. The van der Waals surface area contributed by atoms with Gasteiger partial charge in [0.2, 0.25) is 0 Å². The molecule has 1 fully saturated rings. The lowest BCUT2D eigenvalue weighted by Crippen LogP contribution is -2.34. The molecular weight excluding hydrogens is 278 g/mol. The van der Waals surface area contributed by atoms with Gasteiger partial charge in [0.25, 0.3) is 0 Å². The van der Waals surface area contributed by atoms with Gasteiger partial charge in [-0.15, -0.1) is 0 Å². The average molecular weight is 299 g/mol. The number of aryl methyl sites for hydroxylation is 2. The van der Waals surface area contributed by atoms with Crippen LogP contribution in [0.25, 0.3) is 0 Å². The molecule has 22 heavy (non-hydrogen) atoms. The van der Waals surface area contributed by atoms with Gasteiger partial charge in [-0.1, -0.05) is 17.3 Å². The summed E-state index contributed by atoms with van der Waals surface area (Å²) in [5.74, 6) is 0.775. The topological polar surface area (TPSA) is 58.4 Å². The van der Waals surface area contributed by atoms with Crippen LogP contribution in [0.15, 0.2) is 28.8 Å². The third-order valence-electron chi connectivity index (χ3n) is 4.35. The molecule has 0 aliphatic carbocycles. The van der Waals surface area contributed by atoms with Crippen LogP contribution in [0.5, 0.6) is 0 Å². The standard InChI is InChI=1S/C17H21N3O2/c1-11-6-4-7-14(13(11)3)18-17(21)20-9-5-8-16(20)15-10-12(2)22-19-15/h4,6-7,10,16H,5,8-9H2,1-3H3,(H,18,21). The number of rotatable bonds is 2. The number of likely N-dealkylation sites (tertiary alicyclic amines) is 1. The maximum atomic E-state index is 12.6. The number of benzene rings is 1. The van der Waals surface area contributed by atoms with Crippen LogP contribution in [0.4, 0.5) is 10.5 Å². The molecule has 2 aromatic rings. The van der Waals surface area contributed by atoms with Gasteiger partial charge in [-0.25, -0.2) is 4.79 Å². The van der Waals surface area contributed by atoms with Gasteiger partial charge in [-0.3, -0.25) is 0 Å². The number of amides is 2. The first-order valence-corrected chi connectivity index (χ1v) is 7.63. The smallest absolute Gasteiger partial charge is 0.322 e. The van der Waals surface area contributed by atoms with Crippen LogP contribution in [0.1, 0.15) is 41.5 Å². The molecule has 1 saturated heterocycles. The van der Waals surface area contributed by atoms with E-state index in [9.17, 15) is 4.79 Å². The molecule has 5 heteroatoms. The molecule has 1 N–H and O–H groups in total. The molecule has 3 rings (SSSR count). The fraction of sp³-hybridized carbons (Fsp3) is 0.412. The Bertz CT molecular complexity index is 693. The molecule has 1 aromatic carbocycles. The van der Waals surface area contributed by atoms with E-state index in [1.165, 1.54) is 5.56 Å². The molecule has 0 spiro atoms. The number of carbonyl (C=O) groups is 1. The van der Waals surface area contributed by atoms with E-state index in [1.54, 1.807) is 0 Å². The van der Waals surface area contributed by atoms with Crippen LogP contribution in [0.3, 0.4) is 0 Å². The van der Waals surface area contributed by atoms with Crippen molar-refractivity contribution in [3.8, 4) is 0 Å². The largest absolute Gasteiger partial charge is 0.361 e. The second kappa shape index (κ2) is 5.83. The van der Waals surface area contributed by atoms with E-state index in [1.807, 2.05) is 49.9 Å². The Morgan fingerprint density at radius 3 is 2.91 bits per heavy atom. The summed E-state index contributed by atoms with van der Waals surface area (Å²) in [5.41, 5.74) is 3.98. The van der Waals surface area contributed by atoms with E-state index in [2.05, 4.69) is 10.5 Å². The van der Waals surface area contributed by atoms with Gasteiger partial charge in [0, 0.05) is 18.3 Å². The summed E-state index contributed by atoms with van der Waals surface area (Å²) in [6.45, 7) is 6.68. The van der Waals surface area contributed by atoms with E-state index in [-0.39, 0.29) is 12.1 Å². The molecule has 1 unspecified atom stereocenters. The predicted molar refractivity (Wildman–Crippen MR) is 84.9 cm³/mol. The fourth-order valence-electron chi connectivity index (χ4n) is 2.93. The summed E-state index contributed by atoms with van der Waals surface area (Å²) < 4.78 is 5.15. The normalized spacial score (nSPS) is 17.8. The molecule has 1 atom stereocenters. The molecule has 1 aromatic heterocycles. The minimum atomic E-state index is -0.0724. The summed E-state index contributed by atoms with van der Waals surface area (Å²) in [5, 5.41) is 7.10. The second-order valence-corrected chi connectivity index (χ2v) is 5.89. The number of carbonyl (C=O) groups excluding carboxylic acids is 1.